The molecule has 0 bridgehead atoms. The molecule has 0 aliphatic carbocycles. The molecule has 0 radical (unpaired) electrons. The lowest BCUT2D eigenvalue weighted by molar-refractivity contribution is -0.0189. The molecule has 1 aliphatic rings. The fourth-order valence-electron chi connectivity index (χ4n) is 4.21. The van der Waals surface area contributed by atoms with Gasteiger partial charge in [0.2, 0.25) is 5.88 Å². The molecule has 3 aromatic carbocycles. The minimum Gasteiger partial charge on any atom is -0.467 e. The first-order valence-corrected chi connectivity index (χ1v) is 12.7. The van der Waals surface area contributed by atoms with Crippen LogP contribution in [0.2, 0.25) is 0 Å². The summed E-state index contributed by atoms with van der Waals surface area (Å²) >= 11 is 0. The molecular weight excluding hydrogens is 526 g/mol. The summed E-state index contributed by atoms with van der Waals surface area (Å²) < 4.78 is 18.4. The average molecular weight is 552 g/mol. The lowest BCUT2D eigenvalue weighted by atomic mass is 10.1. The van der Waals surface area contributed by atoms with E-state index < -0.39 is 35.7 Å². The number of nitrogens with one attached hydrogen (secondary N) is 1. The average Bonchev–Trinajstić information content (AvgIpc) is 3.31. The second-order valence-electron chi connectivity index (χ2n) is 9.09. The quantitative estimate of drug-likeness (QED) is 0.324. The van der Waals surface area contributed by atoms with Crippen molar-refractivity contribution in [3.63, 3.8) is 0 Å². The topological polar surface area (TPSA) is 126 Å². The molecule has 0 spiro atoms. The summed E-state index contributed by atoms with van der Waals surface area (Å²) in [6.45, 7) is 1.39. The first-order chi connectivity index (χ1) is 19.9. The molecule has 0 saturated carbocycles. The van der Waals surface area contributed by atoms with Gasteiger partial charge in [-0.2, -0.15) is 4.98 Å². The van der Waals surface area contributed by atoms with Crippen LogP contribution in [0.1, 0.15) is 38.0 Å². The predicted molar refractivity (Wildman–Crippen MR) is 149 cm³/mol. The first kappa shape index (κ1) is 27.1. The third kappa shape index (κ3) is 6.22. The Bertz CT molecular complexity index is 1650. The molecule has 10 nitrogen and oxygen atoms in total. The van der Waals surface area contributed by atoms with Crippen LogP contribution in [-0.2, 0) is 14.2 Å². The summed E-state index contributed by atoms with van der Waals surface area (Å²) in [5.74, 6) is -1.47. The summed E-state index contributed by atoms with van der Waals surface area (Å²) in [5, 5.41) is 2.59. The Hall–Kier alpha value is -5.51. The zero-order valence-corrected chi connectivity index (χ0v) is 21.9. The molecule has 4 aromatic rings. The summed E-state index contributed by atoms with van der Waals surface area (Å²) in [5.41, 5.74) is 0.764. The van der Waals surface area contributed by atoms with Crippen molar-refractivity contribution in [3.05, 3.63) is 136 Å². The Morgan fingerprint density at radius 3 is 1.98 bits per heavy atom. The minimum atomic E-state index is -0.967. The molecule has 0 unspecified atom stereocenters. The second kappa shape index (κ2) is 12.1. The molecule has 1 amide bonds. The van der Waals surface area contributed by atoms with Crippen molar-refractivity contribution in [2.45, 2.75) is 19.1 Å². The number of benzene rings is 3. The van der Waals surface area contributed by atoms with Gasteiger partial charge in [-0.1, -0.05) is 54.6 Å². The van der Waals surface area contributed by atoms with Gasteiger partial charge in [0.1, 0.15) is 12.4 Å². The van der Waals surface area contributed by atoms with Crippen LogP contribution in [-0.4, -0.2) is 46.2 Å². The van der Waals surface area contributed by atoms with E-state index in [1.807, 2.05) is 0 Å². The lowest BCUT2D eigenvalue weighted by Gasteiger charge is -2.20. The van der Waals surface area contributed by atoms with E-state index in [9.17, 15) is 19.2 Å². The number of hydrogen-bond donors (Lipinski definition) is 1. The third-order valence-electron chi connectivity index (χ3n) is 6.30. The molecule has 5 rings (SSSR count). The van der Waals surface area contributed by atoms with E-state index in [0.717, 1.165) is 4.57 Å². The van der Waals surface area contributed by atoms with Crippen LogP contribution in [0.3, 0.4) is 0 Å². The molecule has 41 heavy (non-hydrogen) atoms. The molecule has 10 heteroatoms. The number of rotatable bonds is 8. The van der Waals surface area contributed by atoms with Crippen molar-refractivity contribution in [1.82, 2.24) is 9.55 Å². The van der Waals surface area contributed by atoms with Gasteiger partial charge < -0.3 is 19.5 Å². The number of carbonyl (C=O) groups excluding carboxylic acids is 3. The smallest absolute Gasteiger partial charge is 0.356 e. The molecule has 0 fully saturated rings. The number of ether oxygens (including phenoxy) is 3. The zero-order valence-electron chi connectivity index (χ0n) is 21.9. The van der Waals surface area contributed by atoms with Gasteiger partial charge in [-0.25, -0.2) is 19.0 Å². The highest BCUT2D eigenvalue weighted by Gasteiger charge is 2.40. The Balaban J connectivity index is 1.37. The van der Waals surface area contributed by atoms with E-state index in [1.165, 1.54) is 12.3 Å². The largest absolute Gasteiger partial charge is 0.467 e. The number of carbonyl (C=O) groups is 3. The van der Waals surface area contributed by atoms with Crippen LogP contribution >= 0.6 is 0 Å². The van der Waals surface area contributed by atoms with E-state index in [4.69, 9.17) is 14.2 Å². The summed E-state index contributed by atoms with van der Waals surface area (Å²) in [6.07, 6.45) is -0.510. The van der Waals surface area contributed by atoms with Crippen LogP contribution in [0.15, 0.2) is 114 Å². The Morgan fingerprint density at radius 2 is 1.39 bits per heavy atom. The molecule has 0 saturated heterocycles. The Kier molecular flexibility index (Phi) is 8.00. The van der Waals surface area contributed by atoms with E-state index in [-0.39, 0.29) is 18.3 Å². The predicted octanol–water partition coefficient (Wildman–Crippen LogP) is 4.17. The van der Waals surface area contributed by atoms with Gasteiger partial charge in [0.05, 0.1) is 11.1 Å². The van der Waals surface area contributed by atoms with E-state index in [0.29, 0.717) is 22.3 Å². The van der Waals surface area contributed by atoms with E-state index >= 15 is 0 Å². The van der Waals surface area contributed by atoms with Crippen molar-refractivity contribution < 1.29 is 28.6 Å². The van der Waals surface area contributed by atoms with Gasteiger partial charge in [0, 0.05) is 17.3 Å². The van der Waals surface area contributed by atoms with Crippen LogP contribution in [0.25, 0.3) is 5.88 Å². The van der Waals surface area contributed by atoms with Crippen LogP contribution in [0.5, 0.6) is 0 Å². The third-order valence-corrected chi connectivity index (χ3v) is 6.30. The van der Waals surface area contributed by atoms with Crippen molar-refractivity contribution in [2.75, 3.05) is 11.9 Å². The SMILES string of the molecule is CC1=C(n2ccc(NC(=O)c3ccccc3)nc2=O)O[C@H](COC(=O)c2ccccc2)[C@H]1OC(=O)c1ccccc1. The Morgan fingerprint density at radius 1 is 0.829 bits per heavy atom. The summed E-state index contributed by atoms with van der Waals surface area (Å²) in [4.78, 5) is 54.9. The zero-order chi connectivity index (χ0) is 28.8. The van der Waals surface area contributed by atoms with Crippen LogP contribution in [0.4, 0.5) is 5.82 Å². The number of hydrogen-bond acceptors (Lipinski definition) is 8. The highest BCUT2D eigenvalue weighted by atomic mass is 16.6. The van der Waals surface area contributed by atoms with Gasteiger partial charge in [0.25, 0.3) is 5.91 Å². The lowest BCUT2D eigenvalue weighted by Crippen LogP contribution is -2.34. The monoisotopic (exact) mass is 551 g/mol. The summed E-state index contributed by atoms with van der Waals surface area (Å²) in [7, 11) is 0. The highest BCUT2D eigenvalue weighted by Crippen LogP contribution is 2.31. The summed E-state index contributed by atoms with van der Waals surface area (Å²) in [6, 6.07) is 26.8. The van der Waals surface area contributed by atoms with Crippen molar-refractivity contribution in [3.8, 4) is 0 Å². The molecule has 206 valence electrons. The highest BCUT2D eigenvalue weighted by molar-refractivity contribution is 6.03. The number of anilines is 1. The minimum absolute atomic E-state index is 0.0525. The maximum absolute atomic E-state index is 13.0. The van der Waals surface area contributed by atoms with Crippen molar-refractivity contribution >= 4 is 29.5 Å². The molecule has 2 heterocycles. The van der Waals surface area contributed by atoms with E-state index in [1.54, 1.807) is 97.9 Å². The number of nitrogens with zero attached hydrogens (tertiary/aromatic N) is 2. The molecule has 1 aliphatic heterocycles. The van der Waals surface area contributed by atoms with Crippen molar-refractivity contribution in [1.29, 1.82) is 0 Å². The van der Waals surface area contributed by atoms with Gasteiger partial charge in [0.15, 0.2) is 12.2 Å². The number of esters is 2. The maximum Gasteiger partial charge on any atom is 0.356 e. The normalized spacial score (nSPS) is 16.0. The first-order valence-electron chi connectivity index (χ1n) is 12.7. The van der Waals surface area contributed by atoms with Gasteiger partial charge in [-0.15, -0.1) is 0 Å². The number of amides is 1. The van der Waals surface area contributed by atoms with E-state index in [2.05, 4.69) is 10.3 Å². The van der Waals surface area contributed by atoms with Crippen LogP contribution < -0.4 is 11.0 Å². The van der Waals surface area contributed by atoms with Gasteiger partial charge in [-0.3, -0.25) is 4.79 Å². The Labute approximate surface area is 234 Å². The fraction of sp³-hybridized carbons (Fsp3) is 0.129. The fourth-order valence-corrected chi connectivity index (χ4v) is 4.21. The molecule has 2 atom stereocenters. The second-order valence-corrected chi connectivity index (χ2v) is 9.09. The van der Waals surface area contributed by atoms with Crippen molar-refractivity contribution in [2.24, 2.45) is 0 Å². The van der Waals surface area contributed by atoms with Gasteiger partial charge in [-0.05, 0) is 49.4 Å². The standard InChI is InChI=1S/C31H25N3O7/c1-20-26(41-30(37)23-15-9-4-10-16-23)24(19-39-29(36)22-13-7-3-8-14-22)40-28(20)34-18-17-25(33-31(34)38)32-27(35)21-11-5-2-6-12-21/h2-18,24,26H,19H2,1H3,(H,32,33,35,38)/t24-,26+/m1/s1. The molecule has 1 aromatic heterocycles. The molecule has 1 N–H and O–H groups in total. The maximum atomic E-state index is 13.0. The van der Waals surface area contributed by atoms with Crippen LogP contribution in [0, 0.1) is 0 Å². The van der Waals surface area contributed by atoms with Gasteiger partial charge >= 0.3 is 17.6 Å². The molecular formula is C31H25N3O7. The number of aromatic nitrogens is 2.